The minimum Gasteiger partial charge on any atom is -0.339 e. The number of β-lactam (4-membered cyclic amide) rings is 1. The van der Waals surface area contributed by atoms with Gasteiger partial charge in [-0.3, -0.25) is 19.4 Å². The molecule has 0 spiro atoms. The second-order valence-electron chi connectivity index (χ2n) is 6.59. The molecule has 29 heavy (non-hydrogen) atoms. The molecule has 144 valence electrons. The minimum absolute atomic E-state index is 0.148. The SMILES string of the molecule is O=C(Nc1cccc(C(=O)NC2CN(c3ccccc3)C2=O)c1)c1cccnc1. The van der Waals surface area contributed by atoms with Gasteiger partial charge in [0, 0.05) is 29.3 Å². The predicted molar refractivity (Wildman–Crippen MR) is 109 cm³/mol. The third-order valence-corrected chi connectivity index (χ3v) is 4.61. The van der Waals surface area contributed by atoms with E-state index in [2.05, 4.69) is 15.6 Å². The lowest BCUT2D eigenvalue weighted by Gasteiger charge is -2.38. The quantitative estimate of drug-likeness (QED) is 0.659. The van der Waals surface area contributed by atoms with E-state index < -0.39 is 6.04 Å². The summed E-state index contributed by atoms with van der Waals surface area (Å²) in [6.07, 6.45) is 3.05. The van der Waals surface area contributed by atoms with Crippen LogP contribution in [-0.4, -0.2) is 35.3 Å². The van der Waals surface area contributed by atoms with E-state index in [9.17, 15) is 14.4 Å². The molecule has 1 unspecified atom stereocenters. The third-order valence-electron chi connectivity index (χ3n) is 4.61. The van der Waals surface area contributed by atoms with Gasteiger partial charge in [0.25, 0.3) is 17.7 Å². The van der Waals surface area contributed by atoms with Crippen molar-refractivity contribution in [1.82, 2.24) is 10.3 Å². The fourth-order valence-corrected chi connectivity index (χ4v) is 3.05. The van der Waals surface area contributed by atoms with Crippen molar-refractivity contribution in [3.8, 4) is 0 Å². The van der Waals surface area contributed by atoms with Gasteiger partial charge < -0.3 is 15.5 Å². The molecule has 7 heteroatoms. The molecule has 2 aromatic carbocycles. The van der Waals surface area contributed by atoms with E-state index in [1.54, 1.807) is 47.5 Å². The van der Waals surface area contributed by atoms with Crippen molar-refractivity contribution in [3.05, 3.63) is 90.3 Å². The Morgan fingerprint density at radius 3 is 2.45 bits per heavy atom. The first-order valence-corrected chi connectivity index (χ1v) is 9.10. The second-order valence-corrected chi connectivity index (χ2v) is 6.59. The van der Waals surface area contributed by atoms with E-state index in [0.29, 0.717) is 23.4 Å². The first-order valence-electron chi connectivity index (χ1n) is 9.10. The monoisotopic (exact) mass is 386 g/mol. The van der Waals surface area contributed by atoms with E-state index in [1.165, 1.54) is 6.20 Å². The normalized spacial score (nSPS) is 15.4. The van der Waals surface area contributed by atoms with Crippen LogP contribution in [0.5, 0.6) is 0 Å². The van der Waals surface area contributed by atoms with Gasteiger partial charge in [-0.25, -0.2) is 0 Å². The van der Waals surface area contributed by atoms with Crippen LogP contribution < -0.4 is 15.5 Å². The summed E-state index contributed by atoms with van der Waals surface area (Å²) >= 11 is 0. The molecule has 1 atom stereocenters. The van der Waals surface area contributed by atoms with Crippen LogP contribution in [-0.2, 0) is 4.79 Å². The molecule has 2 heterocycles. The van der Waals surface area contributed by atoms with Crippen molar-refractivity contribution in [1.29, 1.82) is 0 Å². The largest absolute Gasteiger partial charge is 0.339 e. The topological polar surface area (TPSA) is 91.4 Å². The lowest BCUT2D eigenvalue weighted by Crippen LogP contribution is -2.64. The van der Waals surface area contributed by atoms with Crippen LogP contribution in [0.4, 0.5) is 11.4 Å². The number of anilines is 2. The third kappa shape index (κ3) is 3.98. The van der Waals surface area contributed by atoms with Gasteiger partial charge in [0.2, 0.25) is 0 Å². The van der Waals surface area contributed by atoms with Crippen LogP contribution in [0.25, 0.3) is 0 Å². The van der Waals surface area contributed by atoms with E-state index in [-0.39, 0.29) is 17.7 Å². The molecule has 0 bridgehead atoms. The first kappa shape index (κ1) is 18.4. The first-order chi connectivity index (χ1) is 14.1. The van der Waals surface area contributed by atoms with Crippen LogP contribution in [0.2, 0.25) is 0 Å². The fourth-order valence-electron chi connectivity index (χ4n) is 3.05. The van der Waals surface area contributed by atoms with Crippen molar-refractivity contribution in [2.24, 2.45) is 0 Å². The summed E-state index contributed by atoms with van der Waals surface area (Å²) < 4.78 is 0. The van der Waals surface area contributed by atoms with E-state index in [4.69, 9.17) is 0 Å². The fraction of sp³-hybridized carbons (Fsp3) is 0.0909. The summed E-state index contributed by atoms with van der Waals surface area (Å²) in [4.78, 5) is 42.7. The highest BCUT2D eigenvalue weighted by molar-refractivity contribution is 6.08. The second kappa shape index (κ2) is 7.93. The van der Waals surface area contributed by atoms with Crippen molar-refractivity contribution >= 4 is 29.1 Å². The number of hydrogen-bond donors (Lipinski definition) is 2. The molecule has 4 rings (SSSR count). The zero-order valence-electron chi connectivity index (χ0n) is 15.4. The molecular weight excluding hydrogens is 368 g/mol. The molecule has 1 aliphatic heterocycles. The number of nitrogens with zero attached hydrogens (tertiary/aromatic N) is 2. The Labute approximate surface area is 167 Å². The van der Waals surface area contributed by atoms with Crippen LogP contribution in [0.15, 0.2) is 79.1 Å². The number of benzene rings is 2. The van der Waals surface area contributed by atoms with Gasteiger partial charge >= 0.3 is 0 Å². The Hall–Kier alpha value is -4.00. The van der Waals surface area contributed by atoms with Gasteiger partial charge in [0.15, 0.2) is 0 Å². The molecule has 1 fully saturated rings. The van der Waals surface area contributed by atoms with Gasteiger partial charge in [-0.1, -0.05) is 24.3 Å². The highest BCUT2D eigenvalue weighted by Gasteiger charge is 2.38. The van der Waals surface area contributed by atoms with E-state index in [1.807, 2.05) is 30.3 Å². The number of hydrogen-bond acceptors (Lipinski definition) is 4. The Kier molecular flexibility index (Phi) is 5.03. The number of nitrogens with one attached hydrogen (secondary N) is 2. The number of rotatable bonds is 5. The van der Waals surface area contributed by atoms with Crippen LogP contribution in [0.1, 0.15) is 20.7 Å². The van der Waals surface area contributed by atoms with Crippen molar-refractivity contribution in [2.45, 2.75) is 6.04 Å². The summed E-state index contributed by atoms with van der Waals surface area (Å²) in [6, 6.07) is 18.6. The van der Waals surface area contributed by atoms with E-state index in [0.717, 1.165) is 5.69 Å². The molecule has 0 saturated carbocycles. The van der Waals surface area contributed by atoms with Gasteiger partial charge in [-0.15, -0.1) is 0 Å². The zero-order chi connectivity index (χ0) is 20.2. The number of para-hydroxylation sites is 1. The lowest BCUT2D eigenvalue weighted by atomic mass is 10.1. The van der Waals surface area contributed by atoms with Gasteiger partial charge in [0.1, 0.15) is 6.04 Å². The molecule has 2 N–H and O–H groups in total. The Balaban J connectivity index is 1.38. The Morgan fingerprint density at radius 1 is 0.931 bits per heavy atom. The molecule has 7 nitrogen and oxygen atoms in total. The summed E-state index contributed by atoms with van der Waals surface area (Å²) in [5.74, 6) is -0.831. The number of amides is 3. The summed E-state index contributed by atoms with van der Waals surface area (Å²) in [5.41, 5.74) is 2.07. The number of aromatic nitrogens is 1. The highest BCUT2D eigenvalue weighted by atomic mass is 16.2. The summed E-state index contributed by atoms with van der Waals surface area (Å²) in [5, 5.41) is 5.48. The maximum atomic E-state index is 12.5. The predicted octanol–water partition coefficient (Wildman–Crippen LogP) is 2.48. The lowest BCUT2D eigenvalue weighted by molar-refractivity contribution is -0.124. The molecule has 3 amide bonds. The summed E-state index contributed by atoms with van der Waals surface area (Å²) in [7, 11) is 0. The number of carbonyl (C=O) groups is 3. The van der Waals surface area contributed by atoms with Crippen LogP contribution >= 0.6 is 0 Å². The van der Waals surface area contributed by atoms with E-state index >= 15 is 0 Å². The highest BCUT2D eigenvalue weighted by Crippen LogP contribution is 2.22. The van der Waals surface area contributed by atoms with Crippen LogP contribution in [0, 0.1) is 0 Å². The van der Waals surface area contributed by atoms with Crippen LogP contribution in [0.3, 0.4) is 0 Å². The number of pyridine rings is 1. The molecule has 1 saturated heterocycles. The molecule has 0 radical (unpaired) electrons. The smallest absolute Gasteiger partial charge is 0.257 e. The maximum absolute atomic E-state index is 12.5. The maximum Gasteiger partial charge on any atom is 0.257 e. The summed E-state index contributed by atoms with van der Waals surface area (Å²) in [6.45, 7) is 0.423. The van der Waals surface area contributed by atoms with Gasteiger partial charge in [-0.05, 0) is 42.5 Å². The average Bonchev–Trinajstić information content (AvgIpc) is 2.77. The van der Waals surface area contributed by atoms with Crippen molar-refractivity contribution in [3.63, 3.8) is 0 Å². The zero-order valence-corrected chi connectivity index (χ0v) is 15.4. The molecule has 1 aromatic heterocycles. The van der Waals surface area contributed by atoms with Crippen molar-refractivity contribution in [2.75, 3.05) is 16.8 Å². The molecule has 3 aromatic rings. The molecule has 0 aliphatic carbocycles. The average molecular weight is 386 g/mol. The van der Waals surface area contributed by atoms with Gasteiger partial charge in [-0.2, -0.15) is 0 Å². The van der Waals surface area contributed by atoms with Crippen molar-refractivity contribution < 1.29 is 14.4 Å². The standard InChI is InChI=1S/C22H18N4O3/c27-20(25-19-14-26(22(19)29)18-9-2-1-3-10-18)15-6-4-8-17(12-15)24-21(28)16-7-5-11-23-13-16/h1-13,19H,14H2,(H,24,28)(H,25,27). The Bertz CT molecular complexity index is 1050. The molecular formula is C22H18N4O3. The molecule has 1 aliphatic rings. The van der Waals surface area contributed by atoms with Gasteiger partial charge in [0.05, 0.1) is 12.1 Å². The Morgan fingerprint density at radius 2 is 1.72 bits per heavy atom. The number of carbonyl (C=O) groups excluding carboxylic acids is 3. The minimum atomic E-state index is -0.559.